The second-order valence-corrected chi connectivity index (χ2v) is 5.84. The lowest BCUT2D eigenvalue weighted by Gasteiger charge is -2.33. The smallest absolute Gasteiger partial charge is 0.171 e. The van der Waals surface area contributed by atoms with Gasteiger partial charge in [-0.3, -0.25) is 4.98 Å². The first-order valence-electron chi connectivity index (χ1n) is 7.55. The summed E-state index contributed by atoms with van der Waals surface area (Å²) >= 11 is 5.34. The maximum Gasteiger partial charge on any atom is 0.171 e. The van der Waals surface area contributed by atoms with Crippen molar-refractivity contribution in [3.8, 4) is 0 Å². The summed E-state index contributed by atoms with van der Waals surface area (Å²) < 4.78 is 12.9. The summed E-state index contributed by atoms with van der Waals surface area (Å²) in [6.45, 7) is 1.73. The van der Waals surface area contributed by atoms with E-state index in [2.05, 4.69) is 25.5 Å². The van der Waals surface area contributed by atoms with Crippen LogP contribution in [0.3, 0.4) is 0 Å². The van der Waals surface area contributed by atoms with E-state index in [0.717, 1.165) is 37.4 Å². The molecule has 1 saturated heterocycles. The summed E-state index contributed by atoms with van der Waals surface area (Å²) in [6.07, 6.45) is 6.62. The minimum Gasteiger partial charge on any atom is -0.360 e. The average Bonchev–Trinajstić information content (AvgIpc) is 2.57. The minimum atomic E-state index is -0.308. The zero-order valence-corrected chi connectivity index (χ0v) is 13.4. The fraction of sp³-hybridized carbons (Fsp3) is 0.312. The second-order valence-electron chi connectivity index (χ2n) is 5.44. The first kappa shape index (κ1) is 15.6. The van der Waals surface area contributed by atoms with Gasteiger partial charge in [0.15, 0.2) is 5.11 Å². The van der Waals surface area contributed by atoms with Crippen molar-refractivity contribution in [1.29, 1.82) is 0 Å². The predicted octanol–water partition coefficient (Wildman–Crippen LogP) is 2.57. The van der Waals surface area contributed by atoms with E-state index in [0.29, 0.717) is 11.2 Å². The molecular formula is C16H18FN5S. The predicted molar refractivity (Wildman–Crippen MR) is 93.0 cm³/mol. The number of nitrogens with zero attached hydrogens (tertiary/aromatic N) is 3. The van der Waals surface area contributed by atoms with Crippen LogP contribution >= 0.6 is 12.2 Å². The fourth-order valence-electron chi connectivity index (χ4n) is 2.60. The van der Waals surface area contributed by atoms with Gasteiger partial charge in [-0.25, -0.2) is 9.37 Å². The SMILES string of the molecule is Fc1ccc(N2CCC(NC(=S)Nc3cccnc3)CC2)nc1. The van der Waals surface area contributed by atoms with Gasteiger partial charge in [-0.15, -0.1) is 0 Å². The van der Waals surface area contributed by atoms with Crippen molar-refractivity contribution in [2.75, 3.05) is 23.3 Å². The van der Waals surface area contributed by atoms with Crippen LogP contribution < -0.4 is 15.5 Å². The van der Waals surface area contributed by atoms with E-state index in [9.17, 15) is 4.39 Å². The summed E-state index contributed by atoms with van der Waals surface area (Å²) in [7, 11) is 0. The molecule has 0 saturated carbocycles. The van der Waals surface area contributed by atoms with Gasteiger partial charge in [0.2, 0.25) is 0 Å². The Kier molecular flexibility index (Phi) is 4.97. The number of thiocarbonyl (C=S) groups is 1. The summed E-state index contributed by atoms with van der Waals surface area (Å²) in [5.74, 6) is 0.512. The molecule has 2 aromatic rings. The van der Waals surface area contributed by atoms with Crippen LogP contribution in [-0.4, -0.2) is 34.2 Å². The molecule has 120 valence electrons. The van der Waals surface area contributed by atoms with Crippen molar-refractivity contribution < 1.29 is 4.39 Å². The van der Waals surface area contributed by atoms with E-state index in [1.54, 1.807) is 18.5 Å². The van der Waals surface area contributed by atoms with Crippen LogP contribution in [0.2, 0.25) is 0 Å². The largest absolute Gasteiger partial charge is 0.360 e. The first-order chi connectivity index (χ1) is 11.2. The Labute approximate surface area is 139 Å². The van der Waals surface area contributed by atoms with E-state index in [1.807, 2.05) is 12.1 Å². The van der Waals surface area contributed by atoms with E-state index in [1.165, 1.54) is 12.3 Å². The topological polar surface area (TPSA) is 53.1 Å². The number of hydrogen-bond acceptors (Lipinski definition) is 4. The molecule has 2 aromatic heterocycles. The van der Waals surface area contributed by atoms with Crippen LogP contribution in [0.15, 0.2) is 42.9 Å². The van der Waals surface area contributed by atoms with Gasteiger partial charge in [-0.1, -0.05) is 0 Å². The van der Waals surface area contributed by atoms with E-state index >= 15 is 0 Å². The molecule has 1 aliphatic rings. The Bertz CT molecular complexity index is 641. The van der Waals surface area contributed by atoms with Crippen molar-refractivity contribution in [2.24, 2.45) is 0 Å². The molecule has 2 N–H and O–H groups in total. The van der Waals surface area contributed by atoms with Crippen LogP contribution in [0, 0.1) is 5.82 Å². The summed E-state index contributed by atoms with van der Waals surface area (Å²) in [4.78, 5) is 10.3. The molecular weight excluding hydrogens is 313 g/mol. The Balaban J connectivity index is 1.47. The number of halogens is 1. The zero-order valence-electron chi connectivity index (χ0n) is 12.6. The molecule has 0 bridgehead atoms. The molecule has 1 fully saturated rings. The highest BCUT2D eigenvalue weighted by Gasteiger charge is 2.20. The number of nitrogens with one attached hydrogen (secondary N) is 2. The Morgan fingerprint density at radius 2 is 2.04 bits per heavy atom. The molecule has 0 atom stereocenters. The highest BCUT2D eigenvalue weighted by Crippen LogP contribution is 2.18. The van der Waals surface area contributed by atoms with Crippen molar-refractivity contribution in [3.63, 3.8) is 0 Å². The normalized spacial score (nSPS) is 15.3. The Morgan fingerprint density at radius 1 is 1.22 bits per heavy atom. The van der Waals surface area contributed by atoms with Gasteiger partial charge in [0.05, 0.1) is 18.1 Å². The molecule has 23 heavy (non-hydrogen) atoms. The highest BCUT2D eigenvalue weighted by atomic mass is 32.1. The number of pyridine rings is 2. The summed E-state index contributed by atoms with van der Waals surface area (Å²) in [5, 5.41) is 7.07. The van der Waals surface area contributed by atoms with E-state index < -0.39 is 0 Å². The molecule has 1 aliphatic heterocycles. The molecule has 0 spiro atoms. The van der Waals surface area contributed by atoms with Crippen LogP contribution in [0.5, 0.6) is 0 Å². The van der Waals surface area contributed by atoms with Crippen molar-refractivity contribution >= 4 is 28.8 Å². The molecule has 3 rings (SSSR count). The summed E-state index contributed by atoms with van der Waals surface area (Å²) in [6, 6.07) is 7.27. The third-order valence-electron chi connectivity index (χ3n) is 3.79. The molecule has 0 amide bonds. The second kappa shape index (κ2) is 7.32. The molecule has 0 aromatic carbocycles. The lowest BCUT2D eigenvalue weighted by atomic mass is 10.1. The maximum absolute atomic E-state index is 12.9. The minimum absolute atomic E-state index is 0.308. The molecule has 5 nitrogen and oxygen atoms in total. The molecule has 3 heterocycles. The third kappa shape index (κ3) is 4.35. The van der Waals surface area contributed by atoms with E-state index in [-0.39, 0.29) is 5.82 Å². The van der Waals surface area contributed by atoms with Crippen molar-refractivity contribution in [1.82, 2.24) is 15.3 Å². The average molecular weight is 331 g/mol. The van der Waals surface area contributed by atoms with Gasteiger partial charge >= 0.3 is 0 Å². The monoisotopic (exact) mass is 331 g/mol. The van der Waals surface area contributed by atoms with Gasteiger partial charge in [0.25, 0.3) is 0 Å². The van der Waals surface area contributed by atoms with Gasteiger partial charge in [0, 0.05) is 25.3 Å². The van der Waals surface area contributed by atoms with Gasteiger partial charge < -0.3 is 15.5 Å². The number of hydrogen-bond donors (Lipinski definition) is 2. The van der Waals surface area contributed by atoms with Crippen LogP contribution in [0.1, 0.15) is 12.8 Å². The van der Waals surface area contributed by atoms with Gasteiger partial charge in [-0.2, -0.15) is 0 Å². The molecule has 0 radical (unpaired) electrons. The van der Waals surface area contributed by atoms with Crippen molar-refractivity contribution in [3.05, 3.63) is 48.7 Å². The van der Waals surface area contributed by atoms with Crippen molar-refractivity contribution in [2.45, 2.75) is 18.9 Å². The number of aromatic nitrogens is 2. The highest BCUT2D eigenvalue weighted by molar-refractivity contribution is 7.80. The lowest BCUT2D eigenvalue weighted by Crippen LogP contribution is -2.46. The van der Waals surface area contributed by atoms with Crippen LogP contribution in [-0.2, 0) is 0 Å². The zero-order chi connectivity index (χ0) is 16.1. The quantitative estimate of drug-likeness (QED) is 0.843. The molecule has 0 aliphatic carbocycles. The number of anilines is 2. The van der Waals surface area contributed by atoms with Crippen LogP contribution in [0.4, 0.5) is 15.9 Å². The van der Waals surface area contributed by atoms with Gasteiger partial charge in [-0.05, 0) is 49.3 Å². The maximum atomic E-state index is 12.9. The fourth-order valence-corrected chi connectivity index (χ4v) is 2.88. The number of piperidine rings is 1. The Hall–Kier alpha value is -2.28. The first-order valence-corrected chi connectivity index (χ1v) is 7.95. The number of rotatable bonds is 3. The molecule has 0 unspecified atom stereocenters. The van der Waals surface area contributed by atoms with Crippen LogP contribution in [0.25, 0.3) is 0 Å². The summed E-state index contributed by atoms with van der Waals surface area (Å²) in [5.41, 5.74) is 0.873. The molecule has 7 heteroatoms. The lowest BCUT2D eigenvalue weighted by molar-refractivity contribution is 0.465. The van der Waals surface area contributed by atoms with E-state index in [4.69, 9.17) is 12.2 Å². The third-order valence-corrected chi connectivity index (χ3v) is 4.01. The standard InChI is InChI=1S/C16H18FN5S/c17-12-3-4-15(19-10-12)22-8-5-13(6-9-22)20-16(23)21-14-2-1-7-18-11-14/h1-4,7,10-11,13H,5-6,8-9H2,(H2,20,21,23). The van der Waals surface area contributed by atoms with Gasteiger partial charge in [0.1, 0.15) is 11.6 Å². The Morgan fingerprint density at radius 3 is 2.70 bits per heavy atom.